The van der Waals surface area contributed by atoms with Crippen LogP contribution < -0.4 is 5.32 Å². The Balaban J connectivity index is 1.39. The van der Waals surface area contributed by atoms with Gasteiger partial charge >= 0.3 is 0 Å². The van der Waals surface area contributed by atoms with Crippen molar-refractivity contribution in [3.05, 3.63) is 30.4 Å². The van der Waals surface area contributed by atoms with Crippen molar-refractivity contribution in [1.29, 1.82) is 0 Å². The smallest absolute Gasteiger partial charge is 0.227 e. The van der Waals surface area contributed by atoms with Gasteiger partial charge in [-0.2, -0.15) is 4.98 Å². The van der Waals surface area contributed by atoms with E-state index in [1.165, 1.54) is 0 Å². The molecule has 4 rings (SSSR count). The molecule has 2 amide bonds. The maximum absolute atomic E-state index is 12.7. The van der Waals surface area contributed by atoms with E-state index >= 15 is 0 Å². The Morgan fingerprint density at radius 3 is 2.92 bits per heavy atom. The van der Waals surface area contributed by atoms with E-state index in [1.807, 2.05) is 4.90 Å². The average molecular weight is 341 g/mol. The maximum atomic E-state index is 12.7. The number of fused-ring (bicyclic) bond motifs is 2. The molecule has 4 heterocycles. The van der Waals surface area contributed by atoms with Crippen LogP contribution in [0.3, 0.4) is 0 Å². The van der Waals surface area contributed by atoms with Crippen molar-refractivity contribution in [3.63, 3.8) is 0 Å². The number of aryl methyl sites for hydroxylation is 1. The van der Waals surface area contributed by atoms with Gasteiger partial charge in [0.1, 0.15) is 0 Å². The first-order chi connectivity index (χ1) is 12.2. The highest BCUT2D eigenvalue weighted by Crippen LogP contribution is 2.29. The molecule has 1 N–H and O–H groups in total. The Morgan fingerprint density at radius 2 is 2.08 bits per heavy atom. The second-order valence-electron chi connectivity index (χ2n) is 6.44. The minimum absolute atomic E-state index is 0.0232. The van der Waals surface area contributed by atoms with E-state index in [9.17, 15) is 9.59 Å². The van der Waals surface area contributed by atoms with Crippen LogP contribution in [0.1, 0.15) is 31.6 Å². The normalized spacial score (nSPS) is 22.6. The first-order valence-electron chi connectivity index (χ1n) is 8.51. The van der Waals surface area contributed by atoms with Crippen molar-refractivity contribution in [2.24, 2.45) is 0 Å². The van der Waals surface area contributed by atoms with Crippen molar-refractivity contribution in [3.8, 4) is 11.4 Å². The number of aromatic nitrogens is 3. The molecular weight excluding hydrogens is 322 g/mol. The van der Waals surface area contributed by atoms with Crippen LogP contribution in [0.15, 0.2) is 29.0 Å². The van der Waals surface area contributed by atoms with E-state index in [0.29, 0.717) is 37.5 Å². The molecule has 2 aromatic heterocycles. The van der Waals surface area contributed by atoms with Gasteiger partial charge in [-0.05, 0) is 25.0 Å². The lowest BCUT2D eigenvalue weighted by Crippen LogP contribution is -2.42. The lowest BCUT2D eigenvalue weighted by Gasteiger charge is -2.27. The largest absolute Gasteiger partial charge is 0.354 e. The molecule has 2 fully saturated rings. The third kappa shape index (κ3) is 3.24. The number of amides is 2. The lowest BCUT2D eigenvalue weighted by atomic mass is 10.1. The molecule has 2 bridgehead atoms. The lowest BCUT2D eigenvalue weighted by molar-refractivity contribution is -0.134. The SMILES string of the molecule is O=C1C[C@H]2CC[C@@H](CN1)N2C(=O)CCc1nc(-c2ccncc2)no1. The zero-order chi connectivity index (χ0) is 17.2. The molecule has 2 aromatic rings. The standard InChI is InChI=1S/C17H19N5O3/c23-14-9-12-1-2-13(10-19-14)22(12)16(24)4-3-15-20-17(21-25-15)11-5-7-18-8-6-11/h5-8,12-13H,1-4,9-10H2,(H,19,23)/t12-,13+/m1/s1. The Hall–Kier alpha value is -2.77. The van der Waals surface area contributed by atoms with Crippen LogP contribution in [-0.4, -0.2) is 50.5 Å². The van der Waals surface area contributed by atoms with E-state index in [-0.39, 0.29) is 23.9 Å². The van der Waals surface area contributed by atoms with Gasteiger partial charge in [0.25, 0.3) is 0 Å². The summed E-state index contributed by atoms with van der Waals surface area (Å²) in [6.45, 7) is 0.549. The van der Waals surface area contributed by atoms with Crippen molar-refractivity contribution in [2.75, 3.05) is 6.54 Å². The summed E-state index contributed by atoms with van der Waals surface area (Å²) >= 11 is 0. The van der Waals surface area contributed by atoms with E-state index < -0.39 is 0 Å². The Kier molecular flexibility index (Phi) is 4.17. The molecule has 0 saturated carbocycles. The molecule has 8 heteroatoms. The van der Waals surface area contributed by atoms with Crippen LogP contribution in [0, 0.1) is 0 Å². The van der Waals surface area contributed by atoms with Gasteiger partial charge in [-0.15, -0.1) is 0 Å². The van der Waals surface area contributed by atoms with Crippen molar-refractivity contribution in [2.45, 2.75) is 44.2 Å². The van der Waals surface area contributed by atoms with Crippen molar-refractivity contribution < 1.29 is 14.1 Å². The van der Waals surface area contributed by atoms with E-state index in [0.717, 1.165) is 18.4 Å². The van der Waals surface area contributed by atoms with Gasteiger partial charge in [0.05, 0.1) is 0 Å². The molecule has 2 atom stereocenters. The molecule has 8 nitrogen and oxygen atoms in total. The highest BCUT2D eigenvalue weighted by atomic mass is 16.5. The predicted octanol–water partition coefficient (Wildman–Crippen LogP) is 0.944. The Morgan fingerprint density at radius 1 is 1.28 bits per heavy atom. The number of nitrogens with zero attached hydrogens (tertiary/aromatic N) is 4. The number of hydrogen-bond acceptors (Lipinski definition) is 6. The number of hydrogen-bond donors (Lipinski definition) is 1. The summed E-state index contributed by atoms with van der Waals surface area (Å²) in [6, 6.07) is 3.74. The van der Waals surface area contributed by atoms with Crippen LogP contribution in [-0.2, 0) is 16.0 Å². The highest BCUT2D eigenvalue weighted by molar-refractivity contribution is 5.81. The number of carbonyl (C=O) groups excluding carboxylic acids is 2. The fourth-order valence-electron chi connectivity index (χ4n) is 3.60. The van der Waals surface area contributed by atoms with Crippen LogP contribution in [0.5, 0.6) is 0 Å². The third-order valence-electron chi connectivity index (χ3n) is 4.82. The number of rotatable bonds is 4. The minimum Gasteiger partial charge on any atom is -0.354 e. The number of nitrogens with one attached hydrogen (secondary N) is 1. The summed E-state index contributed by atoms with van der Waals surface area (Å²) in [4.78, 5) is 34.5. The molecule has 2 aliphatic rings. The van der Waals surface area contributed by atoms with Crippen molar-refractivity contribution >= 4 is 11.8 Å². The molecule has 0 aliphatic carbocycles. The van der Waals surface area contributed by atoms with Crippen LogP contribution >= 0.6 is 0 Å². The van der Waals surface area contributed by atoms with Gasteiger partial charge in [-0.3, -0.25) is 14.6 Å². The topological polar surface area (TPSA) is 101 Å². The van der Waals surface area contributed by atoms with E-state index in [1.54, 1.807) is 24.5 Å². The monoisotopic (exact) mass is 341 g/mol. The quantitative estimate of drug-likeness (QED) is 0.888. The second-order valence-corrected chi connectivity index (χ2v) is 6.44. The molecule has 130 valence electrons. The van der Waals surface area contributed by atoms with Gasteiger partial charge in [-0.1, -0.05) is 5.16 Å². The van der Waals surface area contributed by atoms with Gasteiger partial charge in [0.2, 0.25) is 23.5 Å². The summed E-state index contributed by atoms with van der Waals surface area (Å²) in [5, 5.41) is 6.83. The third-order valence-corrected chi connectivity index (χ3v) is 4.82. The Bertz CT molecular complexity index is 776. The predicted molar refractivity (Wildman–Crippen MR) is 87.1 cm³/mol. The second kappa shape index (κ2) is 6.62. The van der Waals surface area contributed by atoms with Gasteiger partial charge in [0.15, 0.2) is 0 Å². The molecular formula is C17H19N5O3. The van der Waals surface area contributed by atoms with Crippen LogP contribution in [0.25, 0.3) is 11.4 Å². The van der Waals surface area contributed by atoms with Gasteiger partial charge in [0, 0.05) is 55.8 Å². The average Bonchev–Trinajstić information content (AvgIpc) is 3.21. The van der Waals surface area contributed by atoms with Gasteiger partial charge < -0.3 is 14.7 Å². The summed E-state index contributed by atoms with van der Waals surface area (Å²) in [7, 11) is 0. The molecule has 0 unspecified atom stereocenters. The zero-order valence-electron chi connectivity index (χ0n) is 13.7. The number of carbonyl (C=O) groups is 2. The molecule has 0 aromatic carbocycles. The summed E-state index contributed by atoms with van der Waals surface area (Å²) in [6.07, 6.45) is 6.28. The van der Waals surface area contributed by atoms with E-state index in [4.69, 9.17) is 4.52 Å². The maximum Gasteiger partial charge on any atom is 0.227 e. The minimum atomic E-state index is 0.0232. The molecule has 2 saturated heterocycles. The van der Waals surface area contributed by atoms with Crippen molar-refractivity contribution in [1.82, 2.24) is 25.3 Å². The summed E-state index contributed by atoms with van der Waals surface area (Å²) in [5.41, 5.74) is 0.825. The molecule has 0 spiro atoms. The summed E-state index contributed by atoms with van der Waals surface area (Å²) < 4.78 is 5.25. The van der Waals surface area contributed by atoms with E-state index in [2.05, 4.69) is 20.4 Å². The molecule has 25 heavy (non-hydrogen) atoms. The fourth-order valence-corrected chi connectivity index (χ4v) is 3.60. The molecule has 2 aliphatic heterocycles. The zero-order valence-corrected chi connectivity index (χ0v) is 13.7. The molecule has 0 radical (unpaired) electrons. The fraction of sp³-hybridized carbons (Fsp3) is 0.471. The number of pyridine rings is 1. The Labute approximate surface area is 144 Å². The van der Waals surface area contributed by atoms with Crippen LogP contribution in [0.4, 0.5) is 0 Å². The highest BCUT2D eigenvalue weighted by Gasteiger charge is 2.39. The van der Waals surface area contributed by atoms with Gasteiger partial charge in [-0.25, -0.2) is 0 Å². The summed E-state index contributed by atoms with van der Waals surface area (Å²) in [5.74, 6) is 1.02. The first-order valence-corrected chi connectivity index (χ1v) is 8.51. The van der Waals surface area contributed by atoms with Crippen LogP contribution in [0.2, 0.25) is 0 Å². The first kappa shape index (κ1) is 15.7.